The van der Waals surface area contributed by atoms with Gasteiger partial charge in [-0.05, 0) is 44.7 Å². The molecule has 20 heavy (non-hydrogen) atoms. The van der Waals surface area contributed by atoms with Gasteiger partial charge < -0.3 is 16.2 Å². The molecule has 1 fully saturated rings. The van der Waals surface area contributed by atoms with E-state index in [0.717, 1.165) is 0 Å². The summed E-state index contributed by atoms with van der Waals surface area (Å²) in [6.07, 6.45) is 0.305. The lowest BCUT2D eigenvalue weighted by Gasteiger charge is -2.36. The predicted molar refractivity (Wildman–Crippen MR) is 76.8 cm³/mol. The molecule has 0 aromatic carbocycles. The molecule has 4 N–H and O–H groups in total. The van der Waals surface area contributed by atoms with Gasteiger partial charge in [0.2, 0.25) is 11.8 Å². The second kappa shape index (κ2) is 7.59. The Morgan fingerprint density at radius 1 is 1.30 bits per heavy atom. The highest BCUT2D eigenvalue weighted by Gasteiger charge is 2.31. The number of likely N-dealkylation sites (tertiary alicyclic amines) is 1. The summed E-state index contributed by atoms with van der Waals surface area (Å²) in [5.74, 6) is -0.281. The van der Waals surface area contributed by atoms with Crippen LogP contribution in [0.1, 0.15) is 33.6 Å². The maximum Gasteiger partial charge on any atom is 0.246 e. The van der Waals surface area contributed by atoms with Crippen molar-refractivity contribution in [2.75, 3.05) is 19.6 Å². The van der Waals surface area contributed by atoms with Crippen LogP contribution in [-0.4, -0.2) is 53.6 Å². The molecule has 0 radical (unpaired) electrons. The van der Waals surface area contributed by atoms with Gasteiger partial charge >= 0.3 is 0 Å². The van der Waals surface area contributed by atoms with E-state index in [0.29, 0.717) is 38.4 Å². The average molecular weight is 285 g/mol. The van der Waals surface area contributed by atoms with Crippen LogP contribution in [0.3, 0.4) is 0 Å². The number of aliphatic hydroxyl groups is 1. The number of nitrogens with zero attached hydrogens (tertiary/aromatic N) is 1. The number of aliphatic hydroxyl groups excluding tert-OH is 1. The molecule has 1 rings (SSSR count). The minimum Gasteiger partial charge on any atom is -0.383 e. The quantitative estimate of drug-likeness (QED) is 0.624. The standard InChI is InChI=1S/C14H27N3O3/c1-9(2)8-16-14(20)10(3)17-6-4-11(5-7-17)12(18)13(15)19/h9-12,18H,4-8H2,1-3H3,(H2,15,19)(H,16,20). The first-order chi connectivity index (χ1) is 9.32. The Bertz CT molecular complexity index is 339. The van der Waals surface area contributed by atoms with Crippen LogP contribution in [0.4, 0.5) is 0 Å². The molecule has 0 aliphatic carbocycles. The summed E-state index contributed by atoms with van der Waals surface area (Å²) in [6.45, 7) is 8.08. The summed E-state index contributed by atoms with van der Waals surface area (Å²) in [4.78, 5) is 25.0. The van der Waals surface area contributed by atoms with Crippen molar-refractivity contribution in [1.29, 1.82) is 0 Å². The van der Waals surface area contributed by atoms with Crippen LogP contribution < -0.4 is 11.1 Å². The Labute approximate surface area is 120 Å². The van der Waals surface area contributed by atoms with Gasteiger partial charge in [0.25, 0.3) is 0 Å². The van der Waals surface area contributed by atoms with Crippen LogP contribution in [0.25, 0.3) is 0 Å². The fourth-order valence-corrected chi connectivity index (χ4v) is 2.47. The van der Waals surface area contributed by atoms with Crippen molar-refractivity contribution in [1.82, 2.24) is 10.2 Å². The zero-order chi connectivity index (χ0) is 15.3. The highest BCUT2D eigenvalue weighted by atomic mass is 16.3. The van der Waals surface area contributed by atoms with Crippen molar-refractivity contribution in [3.63, 3.8) is 0 Å². The number of hydrogen-bond acceptors (Lipinski definition) is 4. The minimum atomic E-state index is -1.07. The van der Waals surface area contributed by atoms with Crippen molar-refractivity contribution in [2.24, 2.45) is 17.6 Å². The van der Waals surface area contributed by atoms with Crippen LogP contribution in [0.5, 0.6) is 0 Å². The molecular weight excluding hydrogens is 258 g/mol. The molecule has 6 nitrogen and oxygen atoms in total. The molecule has 1 aliphatic rings. The molecule has 0 saturated carbocycles. The van der Waals surface area contributed by atoms with Gasteiger partial charge in [-0.3, -0.25) is 14.5 Å². The van der Waals surface area contributed by atoms with Gasteiger partial charge in [0.05, 0.1) is 6.04 Å². The van der Waals surface area contributed by atoms with Gasteiger partial charge in [-0.25, -0.2) is 0 Å². The number of amides is 2. The number of carbonyl (C=O) groups is 2. The average Bonchev–Trinajstić information content (AvgIpc) is 2.43. The summed E-state index contributed by atoms with van der Waals surface area (Å²) in [5.41, 5.74) is 5.11. The molecule has 1 aliphatic heterocycles. The molecule has 0 spiro atoms. The summed E-state index contributed by atoms with van der Waals surface area (Å²) >= 11 is 0. The molecule has 2 unspecified atom stereocenters. The first-order valence-corrected chi connectivity index (χ1v) is 7.32. The monoisotopic (exact) mass is 285 g/mol. The summed E-state index contributed by atoms with van der Waals surface area (Å²) in [5, 5.41) is 12.6. The lowest BCUT2D eigenvalue weighted by molar-refractivity contribution is -0.131. The molecule has 2 atom stereocenters. The lowest BCUT2D eigenvalue weighted by atomic mass is 9.90. The topological polar surface area (TPSA) is 95.7 Å². The van der Waals surface area contributed by atoms with Crippen molar-refractivity contribution in [3.8, 4) is 0 Å². The Morgan fingerprint density at radius 2 is 1.85 bits per heavy atom. The number of piperidine rings is 1. The second-order valence-electron chi connectivity index (χ2n) is 6.04. The van der Waals surface area contributed by atoms with Gasteiger partial charge in [0.1, 0.15) is 6.10 Å². The van der Waals surface area contributed by atoms with Crippen LogP contribution in [0.2, 0.25) is 0 Å². The van der Waals surface area contributed by atoms with Crippen molar-refractivity contribution in [2.45, 2.75) is 45.8 Å². The molecule has 1 saturated heterocycles. The van der Waals surface area contributed by atoms with Gasteiger partial charge in [-0.1, -0.05) is 13.8 Å². The number of primary amides is 1. The van der Waals surface area contributed by atoms with Crippen LogP contribution in [-0.2, 0) is 9.59 Å². The van der Waals surface area contributed by atoms with E-state index in [1.54, 1.807) is 0 Å². The maximum absolute atomic E-state index is 12.0. The van der Waals surface area contributed by atoms with E-state index in [4.69, 9.17) is 5.73 Å². The fraction of sp³-hybridized carbons (Fsp3) is 0.857. The smallest absolute Gasteiger partial charge is 0.246 e. The molecule has 0 bridgehead atoms. The highest BCUT2D eigenvalue weighted by Crippen LogP contribution is 2.22. The van der Waals surface area contributed by atoms with E-state index in [2.05, 4.69) is 24.1 Å². The van der Waals surface area contributed by atoms with Crippen molar-refractivity contribution in [3.05, 3.63) is 0 Å². The number of rotatable bonds is 6. The molecule has 0 aromatic heterocycles. The second-order valence-corrected chi connectivity index (χ2v) is 6.04. The SMILES string of the molecule is CC(C)CNC(=O)C(C)N1CCC(C(O)C(N)=O)CC1. The molecule has 6 heteroatoms. The zero-order valence-corrected chi connectivity index (χ0v) is 12.6. The highest BCUT2D eigenvalue weighted by molar-refractivity contribution is 5.81. The van der Waals surface area contributed by atoms with Gasteiger partial charge in [-0.2, -0.15) is 0 Å². The molecule has 0 aromatic rings. The summed E-state index contributed by atoms with van der Waals surface area (Å²) in [6, 6.07) is -0.180. The molecule has 2 amide bonds. The van der Waals surface area contributed by atoms with E-state index in [1.165, 1.54) is 0 Å². The third-order valence-electron chi connectivity index (χ3n) is 3.92. The lowest BCUT2D eigenvalue weighted by Crippen LogP contribution is -2.50. The maximum atomic E-state index is 12.0. The first-order valence-electron chi connectivity index (χ1n) is 7.32. The van der Waals surface area contributed by atoms with Gasteiger partial charge in [0.15, 0.2) is 0 Å². The van der Waals surface area contributed by atoms with Gasteiger partial charge in [-0.15, -0.1) is 0 Å². The third kappa shape index (κ3) is 4.76. The third-order valence-corrected chi connectivity index (χ3v) is 3.92. The van der Waals surface area contributed by atoms with Gasteiger partial charge in [0, 0.05) is 6.54 Å². The summed E-state index contributed by atoms with van der Waals surface area (Å²) < 4.78 is 0. The minimum absolute atomic E-state index is 0.0348. The number of nitrogens with two attached hydrogens (primary N) is 1. The van der Waals surface area contributed by atoms with Crippen LogP contribution >= 0.6 is 0 Å². The Balaban J connectivity index is 2.40. The molecule has 116 valence electrons. The van der Waals surface area contributed by atoms with E-state index in [-0.39, 0.29) is 17.9 Å². The normalized spacial score (nSPS) is 20.6. The fourth-order valence-electron chi connectivity index (χ4n) is 2.47. The van der Waals surface area contributed by atoms with Crippen molar-refractivity contribution >= 4 is 11.8 Å². The van der Waals surface area contributed by atoms with E-state index < -0.39 is 12.0 Å². The predicted octanol–water partition coefficient (Wildman–Crippen LogP) is -0.295. The first kappa shape index (κ1) is 16.9. The van der Waals surface area contributed by atoms with E-state index >= 15 is 0 Å². The Hall–Kier alpha value is -1.14. The Morgan fingerprint density at radius 3 is 2.30 bits per heavy atom. The zero-order valence-electron chi connectivity index (χ0n) is 12.6. The summed E-state index contributed by atoms with van der Waals surface area (Å²) in [7, 11) is 0. The Kier molecular flexibility index (Phi) is 6.42. The molecular formula is C14H27N3O3. The van der Waals surface area contributed by atoms with Crippen LogP contribution in [0, 0.1) is 11.8 Å². The van der Waals surface area contributed by atoms with E-state index in [9.17, 15) is 14.7 Å². The molecule has 1 heterocycles. The van der Waals surface area contributed by atoms with Crippen LogP contribution in [0.15, 0.2) is 0 Å². The van der Waals surface area contributed by atoms with Crippen molar-refractivity contribution < 1.29 is 14.7 Å². The number of nitrogens with one attached hydrogen (secondary N) is 1. The largest absolute Gasteiger partial charge is 0.383 e. The van der Waals surface area contributed by atoms with E-state index in [1.807, 2.05) is 6.92 Å². The number of hydrogen-bond donors (Lipinski definition) is 3. The number of carbonyl (C=O) groups excluding carboxylic acids is 2.